The van der Waals surface area contributed by atoms with Crippen LogP contribution in [-0.4, -0.2) is 46.0 Å². The highest BCUT2D eigenvalue weighted by atomic mass is 16.2. The molecule has 2 aromatic carbocycles. The van der Waals surface area contributed by atoms with Crippen molar-refractivity contribution in [3.63, 3.8) is 0 Å². The topological polar surface area (TPSA) is 50.2 Å². The summed E-state index contributed by atoms with van der Waals surface area (Å²) in [6.45, 7) is 5.67. The molecule has 0 radical (unpaired) electrons. The third kappa shape index (κ3) is 4.02. The highest BCUT2D eigenvalue weighted by Gasteiger charge is 2.45. The van der Waals surface area contributed by atoms with E-state index in [9.17, 15) is 4.79 Å². The lowest BCUT2D eigenvalue weighted by molar-refractivity contribution is 0.0697. The zero-order valence-electron chi connectivity index (χ0n) is 18.1. The molecule has 0 bridgehead atoms. The molecule has 3 heterocycles. The number of aromatic nitrogens is 2. The molecule has 160 valence electrons. The number of hydrogen-bond donors (Lipinski definition) is 1. The predicted molar refractivity (Wildman–Crippen MR) is 122 cm³/mol. The van der Waals surface area contributed by atoms with Gasteiger partial charge in [-0.2, -0.15) is 0 Å². The van der Waals surface area contributed by atoms with Crippen LogP contribution in [0, 0.1) is 5.92 Å². The number of nitrogens with one attached hydrogen (secondary N) is 1. The molecule has 3 atom stereocenters. The number of nitrogens with zero attached hydrogens (tertiary/aromatic N) is 3. The Hall–Kier alpha value is -2.92. The normalized spacial score (nSPS) is 23.0. The maximum Gasteiger partial charge on any atom is 0.254 e. The molecule has 0 aliphatic carbocycles. The van der Waals surface area contributed by atoms with Gasteiger partial charge in [0.05, 0.1) is 6.33 Å². The first-order valence-electron chi connectivity index (χ1n) is 11.4. The van der Waals surface area contributed by atoms with Gasteiger partial charge in [0.1, 0.15) is 0 Å². The number of piperidine rings is 1. The Morgan fingerprint density at radius 1 is 1.16 bits per heavy atom. The van der Waals surface area contributed by atoms with E-state index in [2.05, 4.69) is 52.5 Å². The zero-order valence-corrected chi connectivity index (χ0v) is 18.1. The first-order chi connectivity index (χ1) is 15.2. The van der Waals surface area contributed by atoms with Crippen LogP contribution >= 0.6 is 0 Å². The van der Waals surface area contributed by atoms with Crippen LogP contribution < -0.4 is 5.32 Å². The average Bonchev–Trinajstić information content (AvgIpc) is 3.47. The van der Waals surface area contributed by atoms with E-state index in [1.807, 2.05) is 35.3 Å². The summed E-state index contributed by atoms with van der Waals surface area (Å²) < 4.78 is 2.03. The second-order valence-corrected chi connectivity index (χ2v) is 8.82. The zero-order chi connectivity index (χ0) is 21.2. The quantitative estimate of drug-likeness (QED) is 0.692. The lowest BCUT2D eigenvalue weighted by atomic mass is 9.82. The molecule has 2 aliphatic rings. The third-order valence-corrected chi connectivity index (χ3v) is 6.98. The second kappa shape index (κ2) is 8.67. The maximum atomic E-state index is 13.6. The van der Waals surface area contributed by atoms with Gasteiger partial charge in [0.2, 0.25) is 0 Å². The smallest absolute Gasteiger partial charge is 0.254 e. The van der Waals surface area contributed by atoms with E-state index in [0.717, 1.165) is 50.1 Å². The number of benzene rings is 2. The lowest BCUT2D eigenvalue weighted by Crippen LogP contribution is -2.46. The first kappa shape index (κ1) is 20.0. The number of hydrogen-bond acceptors (Lipinski definition) is 3. The Bertz CT molecular complexity index is 1030. The summed E-state index contributed by atoms with van der Waals surface area (Å²) in [5.41, 5.74) is 4.64. The van der Waals surface area contributed by atoms with E-state index in [0.29, 0.717) is 17.9 Å². The number of imidazole rings is 1. The van der Waals surface area contributed by atoms with Gasteiger partial charge in [0.25, 0.3) is 5.91 Å². The summed E-state index contributed by atoms with van der Waals surface area (Å²) in [6, 6.07) is 17.4. The van der Waals surface area contributed by atoms with Crippen molar-refractivity contribution < 1.29 is 4.79 Å². The minimum absolute atomic E-state index is 0.164. The van der Waals surface area contributed by atoms with Crippen molar-refractivity contribution in [2.45, 2.75) is 38.3 Å². The molecule has 5 rings (SSSR count). The molecule has 1 amide bonds. The monoisotopic (exact) mass is 414 g/mol. The molecule has 2 fully saturated rings. The van der Waals surface area contributed by atoms with Crippen molar-refractivity contribution in [2.24, 2.45) is 5.92 Å². The molecular formula is C26H30N4O. The van der Waals surface area contributed by atoms with Crippen LogP contribution in [0.3, 0.4) is 0 Å². The summed E-state index contributed by atoms with van der Waals surface area (Å²) in [7, 11) is 0. The molecule has 31 heavy (non-hydrogen) atoms. The highest BCUT2D eigenvalue weighted by molar-refractivity contribution is 5.95. The van der Waals surface area contributed by atoms with Gasteiger partial charge >= 0.3 is 0 Å². The van der Waals surface area contributed by atoms with E-state index in [1.54, 1.807) is 6.20 Å². The Kier molecular flexibility index (Phi) is 5.60. The molecule has 5 nitrogen and oxygen atoms in total. The molecule has 1 N–H and O–H groups in total. The summed E-state index contributed by atoms with van der Waals surface area (Å²) >= 11 is 0. The standard InChI is InChI=1S/C26H30N4O/c1-2-19-6-8-21(9-7-19)24-17-30(25-10-11-27-15-23(24)25)26(31)22-5-3-4-20(14-22)16-29-13-12-28-18-29/h3-9,12-14,18,23-25,27H,2,10-11,15-17H2,1H3/t23-,24-,25-/m1/s1. The molecule has 0 unspecified atom stereocenters. The van der Waals surface area contributed by atoms with Crippen LogP contribution in [0.25, 0.3) is 0 Å². The number of carbonyl (C=O) groups excluding carboxylic acids is 1. The van der Waals surface area contributed by atoms with Gasteiger partial charge in [-0.25, -0.2) is 4.98 Å². The average molecular weight is 415 g/mol. The Morgan fingerprint density at radius 2 is 2.03 bits per heavy atom. The van der Waals surface area contributed by atoms with Crippen molar-refractivity contribution in [1.29, 1.82) is 0 Å². The molecule has 2 aliphatic heterocycles. The summed E-state index contributed by atoms with van der Waals surface area (Å²) in [4.78, 5) is 19.9. The van der Waals surface area contributed by atoms with Gasteiger partial charge in [0.15, 0.2) is 0 Å². The van der Waals surface area contributed by atoms with Crippen LogP contribution in [0.15, 0.2) is 67.3 Å². The molecule has 3 aromatic rings. The van der Waals surface area contributed by atoms with Gasteiger partial charge in [0, 0.05) is 55.5 Å². The summed E-state index contributed by atoms with van der Waals surface area (Å²) in [5.74, 6) is 1.03. The fraction of sp³-hybridized carbons (Fsp3) is 0.385. The Morgan fingerprint density at radius 3 is 2.81 bits per heavy atom. The van der Waals surface area contributed by atoms with Crippen molar-refractivity contribution in [3.05, 3.63) is 89.5 Å². The molecular weight excluding hydrogens is 384 g/mol. The van der Waals surface area contributed by atoms with Crippen LogP contribution in [0.4, 0.5) is 0 Å². The van der Waals surface area contributed by atoms with Gasteiger partial charge in [-0.15, -0.1) is 0 Å². The number of carbonyl (C=O) groups is 1. The second-order valence-electron chi connectivity index (χ2n) is 8.82. The van der Waals surface area contributed by atoms with E-state index in [4.69, 9.17) is 0 Å². The van der Waals surface area contributed by atoms with Crippen LogP contribution in [0.2, 0.25) is 0 Å². The van der Waals surface area contributed by atoms with Crippen molar-refractivity contribution in [1.82, 2.24) is 19.8 Å². The summed E-state index contributed by atoms with van der Waals surface area (Å²) in [6.07, 6.45) is 7.61. The van der Waals surface area contributed by atoms with E-state index in [-0.39, 0.29) is 5.91 Å². The Balaban J connectivity index is 1.39. The molecule has 0 spiro atoms. The Labute approximate surface area is 184 Å². The first-order valence-corrected chi connectivity index (χ1v) is 11.4. The fourth-order valence-corrected chi connectivity index (χ4v) is 5.30. The van der Waals surface area contributed by atoms with Gasteiger partial charge in [-0.3, -0.25) is 4.79 Å². The van der Waals surface area contributed by atoms with Crippen LogP contribution in [0.1, 0.15) is 46.3 Å². The maximum absolute atomic E-state index is 13.6. The number of fused-ring (bicyclic) bond motifs is 1. The van der Waals surface area contributed by atoms with E-state index < -0.39 is 0 Å². The number of aryl methyl sites for hydroxylation is 1. The van der Waals surface area contributed by atoms with Gasteiger partial charge in [-0.05, 0) is 48.2 Å². The predicted octanol–water partition coefficient (Wildman–Crippen LogP) is 3.71. The number of amides is 1. The molecule has 5 heteroatoms. The largest absolute Gasteiger partial charge is 0.335 e. The minimum Gasteiger partial charge on any atom is -0.335 e. The SMILES string of the molecule is CCc1ccc([C@H]2CN(C(=O)c3cccc(Cn4ccnc4)c3)[C@@H]3CCNC[C@H]23)cc1. The minimum atomic E-state index is 0.164. The van der Waals surface area contributed by atoms with E-state index in [1.165, 1.54) is 11.1 Å². The van der Waals surface area contributed by atoms with Crippen LogP contribution in [0.5, 0.6) is 0 Å². The molecule has 0 saturated carbocycles. The summed E-state index contributed by atoms with van der Waals surface area (Å²) in [5, 5.41) is 3.56. The number of likely N-dealkylation sites (tertiary alicyclic amines) is 1. The number of rotatable bonds is 5. The third-order valence-electron chi connectivity index (χ3n) is 6.98. The highest BCUT2D eigenvalue weighted by Crippen LogP contribution is 2.40. The van der Waals surface area contributed by atoms with Crippen LogP contribution in [-0.2, 0) is 13.0 Å². The van der Waals surface area contributed by atoms with Gasteiger partial charge < -0.3 is 14.8 Å². The fourth-order valence-electron chi connectivity index (χ4n) is 5.30. The van der Waals surface area contributed by atoms with Crippen molar-refractivity contribution in [3.8, 4) is 0 Å². The van der Waals surface area contributed by atoms with Crippen molar-refractivity contribution in [2.75, 3.05) is 19.6 Å². The van der Waals surface area contributed by atoms with Crippen molar-refractivity contribution >= 4 is 5.91 Å². The lowest BCUT2D eigenvalue weighted by Gasteiger charge is -2.33. The van der Waals surface area contributed by atoms with E-state index >= 15 is 0 Å². The molecule has 1 aromatic heterocycles. The molecule has 2 saturated heterocycles. The van der Waals surface area contributed by atoms with Gasteiger partial charge in [-0.1, -0.05) is 43.3 Å².